The van der Waals surface area contributed by atoms with Crippen molar-refractivity contribution in [3.05, 3.63) is 59.7 Å². The third-order valence-electron chi connectivity index (χ3n) is 6.81. The first-order chi connectivity index (χ1) is 16.4. The third-order valence-corrected chi connectivity index (χ3v) is 6.81. The van der Waals surface area contributed by atoms with E-state index in [1.807, 2.05) is 31.2 Å². The maximum Gasteiger partial charge on any atom is 0.407 e. The van der Waals surface area contributed by atoms with E-state index >= 15 is 0 Å². The molecule has 7 heteroatoms. The smallest absolute Gasteiger partial charge is 0.407 e. The van der Waals surface area contributed by atoms with Gasteiger partial charge in [-0.05, 0) is 54.4 Å². The van der Waals surface area contributed by atoms with Gasteiger partial charge in [-0.25, -0.2) is 4.79 Å². The summed E-state index contributed by atoms with van der Waals surface area (Å²) in [6.45, 7) is 3.50. The summed E-state index contributed by atoms with van der Waals surface area (Å²) in [6.07, 6.45) is 2.14. The number of rotatable bonds is 10. The van der Waals surface area contributed by atoms with Crippen molar-refractivity contribution in [2.24, 2.45) is 5.92 Å². The Labute approximate surface area is 200 Å². The maximum absolute atomic E-state index is 12.4. The van der Waals surface area contributed by atoms with E-state index in [-0.39, 0.29) is 30.9 Å². The zero-order valence-electron chi connectivity index (χ0n) is 19.5. The predicted molar refractivity (Wildman–Crippen MR) is 128 cm³/mol. The topological polar surface area (TPSA) is 95.9 Å². The van der Waals surface area contributed by atoms with Crippen molar-refractivity contribution >= 4 is 18.0 Å². The Balaban J connectivity index is 1.16. The summed E-state index contributed by atoms with van der Waals surface area (Å²) in [7, 11) is 0. The summed E-state index contributed by atoms with van der Waals surface area (Å²) >= 11 is 0. The van der Waals surface area contributed by atoms with Crippen molar-refractivity contribution in [3.63, 3.8) is 0 Å². The van der Waals surface area contributed by atoms with Crippen LogP contribution in [0.3, 0.4) is 0 Å². The van der Waals surface area contributed by atoms with Crippen molar-refractivity contribution in [1.82, 2.24) is 10.2 Å². The van der Waals surface area contributed by atoms with Gasteiger partial charge in [0, 0.05) is 37.9 Å². The summed E-state index contributed by atoms with van der Waals surface area (Å²) in [4.78, 5) is 37.1. The highest BCUT2D eigenvalue weighted by Gasteiger charge is 2.31. The first-order valence-electron chi connectivity index (χ1n) is 12.0. The summed E-state index contributed by atoms with van der Waals surface area (Å²) in [5.74, 6) is -0.362. The van der Waals surface area contributed by atoms with E-state index in [0.29, 0.717) is 44.7 Å². The largest absolute Gasteiger partial charge is 0.481 e. The van der Waals surface area contributed by atoms with Crippen LogP contribution in [0.1, 0.15) is 56.1 Å². The first-order valence-corrected chi connectivity index (χ1v) is 12.0. The molecule has 1 aliphatic heterocycles. The predicted octanol–water partition coefficient (Wildman–Crippen LogP) is 4.41. The summed E-state index contributed by atoms with van der Waals surface area (Å²) in [6, 6.07) is 16.4. The fraction of sp³-hybridized carbons (Fsp3) is 0.444. The molecule has 1 aliphatic carbocycles. The van der Waals surface area contributed by atoms with Gasteiger partial charge in [-0.1, -0.05) is 48.5 Å². The van der Waals surface area contributed by atoms with Crippen LogP contribution >= 0.6 is 0 Å². The van der Waals surface area contributed by atoms with E-state index in [0.717, 1.165) is 0 Å². The number of carbonyl (C=O) groups excluding carboxylic acids is 2. The Morgan fingerprint density at radius 3 is 2.26 bits per heavy atom. The number of nitrogens with one attached hydrogen (secondary N) is 1. The Morgan fingerprint density at radius 1 is 1.03 bits per heavy atom. The molecule has 2 aliphatic rings. The van der Waals surface area contributed by atoms with E-state index in [9.17, 15) is 14.4 Å². The average Bonchev–Trinajstić information content (AvgIpc) is 3.10. The zero-order valence-corrected chi connectivity index (χ0v) is 19.5. The molecule has 0 aromatic heterocycles. The average molecular weight is 465 g/mol. The number of benzene rings is 2. The number of nitrogens with zero attached hydrogens (tertiary/aromatic N) is 1. The number of ether oxygens (including phenoxy) is 1. The van der Waals surface area contributed by atoms with Crippen LogP contribution in [-0.2, 0) is 14.3 Å². The minimum atomic E-state index is -0.789. The van der Waals surface area contributed by atoms with Gasteiger partial charge in [-0.3, -0.25) is 9.59 Å². The van der Waals surface area contributed by atoms with E-state index in [4.69, 9.17) is 9.84 Å². The fourth-order valence-corrected chi connectivity index (χ4v) is 4.91. The van der Waals surface area contributed by atoms with Crippen molar-refractivity contribution < 1.29 is 24.2 Å². The molecule has 180 valence electrons. The number of hydrogen-bond acceptors (Lipinski definition) is 4. The zero-order chi connectivity index (χ0) is 24.1. The molecular weight excluding hydrogens is 432 g/mol. The van der Waals surface area contributed by atoms with Crippen LogP contribution in [0.15, 0.2) is 48.5 Å². The van der Waals surface area contributed by atoms with Gasteiger partial charge < -0.3 is 20.1 Å². The number of carboxylic acid groups (broad SMARTS) is 1. The Hall–Kier alpha value is -3.35. The lowest BCUT2D eigenvalue weighted by Crippen LogP contribution is -2.50. The minimum absolute atomic E-state index is 0.0296. The van der Waals surface area contributed by atoms with Crippen molar-refractivity contribution in [2.45, 2.75) is 51.0 Å². The quantitative estimate of drug-likeness (QED) is 0.543. The molecule has 0 bridgehead atoms. The molecule has 34 heavy (non-hydrogen) atoms. The molecule has 2 aromatic carbocycles. The van der Waals surface area contributed by atoms with Gasteiger partial charge >= 0.3 is 12.1 Å². The Bertz CT molecular complexity index is 1000. The number of carboxylic acids is 1. The second kappa shape index (κ2) is 10.7. The number of amides is 2. The molecule has 1 fully saturated rings. The SMILES string of the molecule is CC(CCCC(=O)N1CC(CCC(=O)O)C1)NC(=O)OCC1c2ccccc2-c2ccccc21. The molecule has 0 spiro atoms. The van der Waals surface area contributed by atoms with Gasteiger partial charge in [0.15, 0.2) is 0 Å². The van der Waals surface area contributed by atoms with Crippen LogP contribution in [0, 0.1) is 5.92 Å². The lowest BCUT2D eigenvalue weighted by molar-refractivity contribution is -0.139. The number of fused-ring (bicyclic) bond motifs is 3. The van der Waals surface area contributed by atoms with Crippen molar-refractivity contribution in [2.75, 3.05) is 19.7 Å². The molecular formula is C27H32N2O5. The van der Waals surface area contributed by atoms with Crippen LogP contribution < -0.4 is 5.32 Å². The lowest BCUT2D eigenvalue weighted by Gasteiger charge is -2.39. The van der Waals surface area contributed by atoms with Crippen LogP contribution in [0.5, 0.6) is 0 Å². The second-order valence-corrected chi connectivity index (χ2v) is 9.36. The van der Waals surface area contributed by atoms with Gasteiger partial charge in [-0.2, -0.15) is 0 Å². The molecule has 2 amide bonds. The molecule has 0 saturated carbocycles. The number of carbonyl (C=O) groups is 3. The first kappa shape index (κ1) is 23.8. The van der Waals surface area contributed by atoms with Gasteiger partial charge in [0.2, 0.25) is 5.91 Å². The highest BCUT2D eigenvalue weighted by Crippen LogP contribution is 2.44. The lowest BCUT2D eigenvalue weighted by atomic mass is 9.94. The fourth-order valence-electron chi connectivity index (χ4n) is 4.91. The molecule has 4 rings (SSSR count). The molecule has 2 N–H and O–H groups in total. The maximum atomic E-state index is 12.4. The standard InChI is InChI=1S/C27H32N2O5/c1-18(7-6-12-25(30)29-15-19(16-29)13-14-26(31)32)28-27(33)34-17-24-22-10-4-2-8-20(22)21-9-3-5-11-23(21)24/h2-5,8-11,18-19,24H,6-7,12-17H2,1H3,(H,28,33)(H,31,32). The van der Waals surface area contributed by atoms with E-state index in [2.05, 4.69) is 29.6 Å². The van der Waals surface area contributed by atoms with Crippen LogP contribution in [-0.4, -0.2) is 53.7 Å². The normalized spacial score (nSPS) is 15.7. The van der Waals surface area contributed by atoms with Crippen LogP contribution in [0.4, 0.5) is 4.79 Å². The number of aliphatic carboxylic acids is 1. The number of likely N-dealkylation sites (tertiary alicyclic amines) is 1. The Kier molecular flexibility index (Phi) is 7.50. The monoisotopic (exact) mass is 464 g/mol. The highest BCUT2D eigenvalue weighted by molar-refractivity contribution is 5.79. The Morgan fingerprint density at radius 2 is 1.65 bits per heavy atom. The summed E-state index contributed by atoms with van der Waals surface area (Å²) in [5, 5.41) is 11.6. The molecule has 1 saturated heterocycles. The number of hydrogen-bond donors (Lipinski definition) is 2. The van der Waals surface area contributed by atoms with Crippen molar-refractivity contribution in [1.29, 1.82) is 0 Å². The van der Waals surface area contributed by atoms with Gasteiger partial charge in [0.25, 0.3) is 0 Å². The molecule has 0 radical (unpaired) electrons. The highest BCUT2D eigenvalue weighted by atomic mass is 16.5. The molecule has 7 nitrogen and oxygen atoms in total. The molecule has 1 heterocycles. The van der Waals surface area contributed by atoms with Crippen LogP contribution in [0.2, 0.25) is 0 Å². The van der Waals surface area contributed by atoms with E-state index < -0.39 is 12.1 Å². The number of alkyl carbamates (subject to hydrolysis) is 1. The van der Waals surface area contributed by atoms with Gasteiger partial charge in [0.1, 0.15) is 6.61 Å². The van der Waals surface area contributed by atoms with Crippen LogP contribution in [0.25, 0.3) is 11.1 Å². The second-order valence-electron chi connectivity index (χ2n) is 9.36. The molecule has 1 unspecified atom stereocenters. The van der Waals surface area contributed by atoms with Gasteiger partial charge in [-0.15, -0.1) is 0 Å². The molecule has 1 atom stereocenters. The van der Waals surface area contributed by atoms with E-state index in [1.54, 1.807) is 4.90 Å². The van der Waals surface area contributed by atoms with Crippen molar-refractivity contribution in [3.8, 4) is 11.1 Å². The van der Waals surface area contributed by atoms with Gasteiger partial charge in [0.05, 0.1) is 0 Å². The molecule has 2 aromatic rings. The third kappa shape index (κ3) is 5.58. The van der Waals surface area contributed by atoms with E-state index in [1.165, 1.54) is 22.3 Å². The summed E-state index contributed by atoms with van der Waals surface area (Å²) in [5.41, 5.74) is 4.75. The minimum Gasteiger partial charge on any atom is -0.481 e. The summed E-state index contributed by atoms with van der Waals surface area (Å²) < 4.78 is 5.59.